The Balaban J connectivity index is 1.96. The lowest BCUT2D eigenvalue weighted by Gasteiger charge is -2.13. The molecule has 0 aromatic heterocycles. The molecule has 0 aliphatic heterocycles. The fraction of sp³-hybridized carbons (Fsp3) is 0.500. The quantitative estimate of drug-likeness (QED) is 0.521. The summed E-state index contributed by atoms with van der Waals surface area (Å²) < 4.78 is 0. The molecule has 1 aliphatic rings. The number of benzene rings is 1. The first-order chi connectivity index (χ1) is 8.56. The molecule has 0 heterocycles. The molecular weight excluding hydrogens is 236 g/mol. The van der Waals surface area contributed by atoms with Gasteiger partial charge >= 0.3 is 0 Å². The van der Waals surface area contributed by atoms with Gasteiger partial charge < -0.3 is 15.5 Å². The highest BCUT2D eigenvalue weighted by Crippen LogP contribution is 2.44. The number of aliphatic hydroxyl groups is 1. The molecule has 0 bridgehead atoms. The van der Waals surface area contributed by atoms with Gasteiger partial charge in [-0.3, -0.25) is 10.1 Å². The van der Waals surface area contributed by atoms with E-state index in [2.05, 4.69) is 5.32 Å². The van der Waals surface area contributed by atoms with Crippen molar-refractivity contribution in [1.82, 2.24) is 5.32 Å². The molecule has 1 saturated carbocycles. The average molecular weight is 252 g/mol. The number of nitro groups is 1. The van der Waals surface area contributed by atoms with Crippen LogP contribution < -0.4 is 5.32 Å². The number of nitro benzene ring substituents is 1. The van der Waals surface area contributed by atoms with Crippen LogP contribution in [0.4, 0.5) is 5.69 Å². The molecule has 0 unspecified atom stereocenters. The molecule has 18 heavy (non-hydrogen) atoms. The molecule has 0 amide bonds. The van der Waals surface area contributed by atoms with E-state index in [1.165, 1.54) is 18.2 Å². The van der Waals surface area contributed by atoms with Crippen LogP contribution in [0.3, 0.4) is 0 Å². The Hall–Kier alpha value is -1.66. The molecule has 6 heteroatoms. The van der Waals surface area contributed by atoms with Crippen LogP contribution in [0.5, 0.6) is 5.75 Å². The van der Waals surface area contributed by atoms with Crippen LogP contribution in [0.1, 0.15) is 18.4 Å². The number of non-ortho nitro benzene ring substituents is 1. The van der Waals surface area contributed by atoms with Crippen molar-refractivity contribution in [3.05, 3.63) is 33.9 Å². The van der Waals surface area contributed by atoms with E-state index in [4.69, 9.17) is 5.11 Å². The summed E-state index contributed by atoms with van der Waals surface area (Å²) in [5, 5.41) is 32.5. The molecule has 0 saturated heterocycles. The average Bonchev–Trinajstić information content (AvgIpc) is 3.12. The Morgan fingerprint density at radius 2 is 2.17 bits per heavy atom. The van der Waals surface area contributed by atoms with Crippen LogP contribution in [-0.4, -0.2) is 28.3 Å². The molecule has 1 aliphatic carbocycles. The van der Waals surface area contributed by atoms with Crippen LogP contribution in [0.2, 0.25) is 0 Å². The number of hydrogen-bond donors (Lipinski definition) is 3. The van der Waals surface area contributed by atoms with Crippen LogP contribution in [-0.2, 0) is 6.54 Å². The first kappa shape index (κ1) is 12.8. The molecular formula is C12H16N2O4. The summed E-state index contributed by atoms with van der Waals surface area (Å²) in [6.45, 7) is 1.17. The zero-order valence-corrected chi connectivity index (χ0v) is 9.93. The van der Waals surface area contributed by atoms with Crippen molar-refractivity contribution in [3.63, 3.8) is 0 Å². The Morgan fingerprint density at radius 1 is 1.44 bits per heavy atom. The Morgan fingerprint density at radius 3 is 2.72 bits per heavy atom. The van der Waals surface area contributed by atoms with Gasteiger partial charge in [-0.2, -0.15) is 0 Å². The number of rotatable bonds is 6. The maximum absolute atomic E-state index is 10.6. The van der Waals surface area contributed by atoms with Gasteiger partial charge in [-0.25, -0.2) is 0 Å². The second kappa shape index (κ2) is 4.91. The van der Waals surface area contributed by atoms with Crippen LogP contribution in [0.15, 0.2) is 18.2 Å². The van der Waals surface area contributed by atoms with E-state index in [-0.39, 0.29) is 23.5 Å². The normalized spacial score (nSPS) is 16.5. The molecule has 1 fully saturated rings. The highest BCUT2D eigenvalue weighted by atomic mass is 16.6. The molecule has 98 valence electrons. The van der Waals surface area contributed by atoms with E-state index >= 15 is 0 Å². The highest BCUT2D eigenvalue weighted by molar-refractivity contribution is 5.42. The Bertz CT molecular complexity index is 457. The maximum Gasteiger partial charge on any atom is 0.270 e. The predicted molar refractivity (Wildman–Crippen MR) is 65.2 cm³/mol. The number of aliphatic hydroxyl groups excluding tert-OH is 1. The summed E-state index contributed by atoms with van der Waals surface area (Å²) in [5.41, 5.74) is 0.446. The largest absolute Gasteiger partial charge is 0.508 e. The SMILES string of the molecule is O=[N+]([O-])c1ccc(O)c(CNCC2(CO)CC2)c1. The number of phenols is 1. The third kappa shape index (κ3) is 2.77. The smallest absolute Gasteiger partial charge is 0.270 e. The summed E-state index contributed by atoms with van der Waals surface area (Å²) in [6, 6.07) is 3.96. The topological polar surface area (TPSA) is 95.6 Å². The second-order valence-electron chi connectivity index (χ2n) is 4.83. The Labute approximate surface area is 104 Å². The van der Waals surface area contributed by atoms with E-state index in [9.17, 15) is 15.2 Å². The lowest BCUT2D eigenvalue weighted by atomic mass is 10.1. The highest BCUT2D eigenvalue weighted by Gasteiger charge is 2.41. The van der Waals surface area contributed by atoms with E-state index in [1.54, 1.807) is 0 Å². The third-order valence-electron chi connectivity index (χ3n) is 3.38. The van der Waals surface area contributed by atoms with Crippen LogP contribution in [0.25, 0.3) is 0 Å². The Kier molecular flexibility index (Phi) is 3.49. The fourth-order valence-corrected chi connectivity index (χ4v) is 1.86. The minimum Gasteiger partial charge on any atom is -0.508 e. The summed E-state index contributed by atoms with van der Waals surface area (Å²) in [7, 11) is 0. The number of nitrogens with zero attached hydrogens (tertiary/aromatic N) is 1. The zero-order chi connectivity index (χ0) is 13.2. The van der Waals surface area contributed by atoms with E-state index in [0.29, 0.717) is 18.7 Å². The molecule has 1 aromatic carbocycles. The first-order valence-electron chi connectivity index (χ1n) is 5.84. The van der Waals surface area contributed by atoms with Gasteiger partial charge in [0.2, 0.25) is 0 Å². The van der Waals surface area contributed by atoms with Crippen molar-refractivity contribution in [1.29, 1.82) is 0 Å². The van der Waals surface area contributed by atoms with Gasteiger partial charge in [0.15, 0.2) is 0 Å². The monoisotopic (exact) mass is 252 g/mol. The maximum atomic E-state index is 10.6. The molecule has 2 rings (SSSR count). The lowest BCUT2D eigenvalue weighted by Crippen LogP contribution is -2.26. The molecule has 0 radical (unpaired) electrons. The standard InChI is InChI=1S/C12H16N2O4/c15-8-12(3-4-12)7-13-6-9-5-10(14(17)18)1-2-11(9)16/h1-2,5,13,15-16H,3-4,6-8H2. The van der Waals surface area contributed by atoms with Crippen molar-refractivity contribution in [2.24, 2.45) is 5.41 Å². The van der Waals surface area contributed by atoms with Crippen molar-refractivity contribution in [3.8, 4) is 5.75 Å². The van der Waals surface area contributed by atoms with Gasteiger partial charge in [-0.15, -0.1) is 0 Å². The molecule has 3 N–H and O–H groups in total. The summed E-state index contributed by atoms with van der Waals surface area (Å²) >= 11 is 0. The van der Waals surface area contributed by atoms with E-state index < -0.39 is 4.92 Å². The van der Waals surface area contributed by atoms with Gasteiger partial charge in [-0.05, 0) is 18.9 Å². The van der Waals surface area contributed by atoms with Gasteiger partial charge in [0.05, 0.1) is 4.92 Å². The summed E-state index contributed by atoms with van der Waals surface area (Å²) in [5.74, 6) is 0.0435. The van der Waals surface area contributed by atoms with Crippen molar-refractivity contribution >= 4 is 5.69 Å². The molecule has 0 atom stereocenters. The van der Waals surface area contributed by atoms with Crippen molar-refractivity contribution < 1.29 is 15.1 Å². The van der Waals surface area contributed by atoms with Crippen LogP contribution >= 0.6 is 0 Å². The third-order valence-corrected chi connectivity index (χ3v) is 3.38. The number of nitrogens with one attached hydrogen (secondary N) is 1. The minimum absolute atomic E-state index is 0.0175. The molecule has 1 aromatic rings. The summed E-state index contributed by atoms with van der Waals surface area (Å²) in [4.78, 5) is 10.1. The summed E-state index contributed by atoms with van der Waals surface area (Å²) in [6.07, 6.45) is 1.99. The predicted octanol–water partition coefficient (Wildman–Crippen LogP) is 1.16. The van der Waals surface area contributed by atoms with Gasteiger partial charge in [0.1, 0.15) is 5.75 Å². The number of aromatic hydroxyl groups is 1. The van der Waals surface area contributed by atoms with Crippen LogP contribution in [0, 0.1) is 15.5 Å². The lowest BCUT2D eigenvalue weighted by molar-refractivity contribution is -0.384. The zero-order valence-electron chi connectivity index (χ0n) is 9.93. The van der Waals surface area contributed by atoms with Crippen molar-refractivity contribution in [2.75, 3.05) is 13.2 Å². The van der Waals surface area contributed by atoms with Gasteiger partial charge in [0, 0.05) is 42.8 Å². The number of hydrogen-bond acceptors (Lipinski definition) is 5. The second-order valence-corrected chi connectivity index (χ2v) is 4.83. The van der Waals surface area contributed by atoms with Crippen molar-refractivity contribution in [2.45, 2.75) is 19.4 Å². The van der Waals surface area contributed by atoms with E-state index in [0.717, 1.165) is 12.8 Å². The van der Waals surface area contributed by atoms with Gasteiger partial charge in [-0.1, -0.05) is 0 Å². The van der Waals surface area contributed by atoms with Gasteiger partial charge in [0.25, 0.3) is 5.69 Å². The fourth-order valence-electron chi connectivity index (χ4n) is 1.86. The minimum atomic E-state index is -0.487. The molecule has 6 nitrogen and oxygen atoms in total. The number of phenolic OH excluding ortho intramolecular Hbond substituents is 1. The first-order valence-corrected chi connectivity index (χ1v) is 5.84. The molecule has 0 spiro atoms. The van der Waals surface area contributed by atoms with E-state index in [1.807, 2.05) is 0 Å².